The second kappa shape index (κ2) is 3.26. The third kappa shape index (κ3) is 1.12. The monoisotopic (exact) mass is 236 g/mol. The molecule has 86 valence electrons. The van der Waals surface area contributed by atoms with Crippen LogP contribution in [0.25, 0.3) is 11.1 Å². The van der Waals surface area contributed by atoms with Gasteiger partial charge in [-0.3, -0.25) is 0 Å². The second-order valence-electron chi connectivity index (χ2n) is 4.33. The summed E-state index contributed by atoms with van der Waals surface area (Å²) in [5, 5.41) is 8.33. The molecular formula is C14H10N3O+. The summed E-state index contributed by atoms with van der Waals surface area (Å²) in [6, 6.07) is 8.17. The number of aliphatic imine (C=N–C) groups is 1. The quantitative estimate of drug-likeness (QED) is 0.701. The number of aromatic nitrogens is 1. The van der Waals surface area contributed by atoms with Gasteiger partial charge in [-0.15, -0.1) is 0 Å². The molecule has 4 rings (SSSR count). The van der Waals surface area contributed by atoms with Crippen molar-refractivity contribution >= 4 is 28.7 Å². The Balaban J connectivity index is 2.06. The highest BCUT2D eigenvalue weighted by Gasteiger charge is 2.37. The van der Waals surface area contributed by atoms with Crippen molar-refractivity contribution in [3.8, 4) is 0 Å². The minimum Gasteiger partial charge on any atom is -0.397 e. The van der Waals surface area contributed by atoms with Crippen LogP contribution in [0.15, 0.2) is 58.0 Å². The van der Waals surface area contributed by atoms with Crippen molar-refractivity contribution in [1.82, 2.24) is 0 Å². The van der Waals surface area contributed by atoms with E-state index in [1.54, 1.807) is 4.57 Å². The number of nitrogens with one attached hydrogen (secondary N) is 1. The maximum absolute atomic E-state index is 8.33. The van der Waals surface area contributed by atoms with Gasteiger partial charge in [-0.05, 0) is 18.2 Å². The number of para-hydroxylation sites is 2. The SMILES string of the molecule is N=C1C2C=CC=CC2=Nc2oc3ccccc3[n+]21. The van der Waals surface area contributed by atoms with E-state index < -0.39 is 0 Å². The molecule has 2 aliphatic rings. The first-order valence-corrected chi connectivity index (χ1v) is 5.80. The van der Waals surface area contributed by atoms with Gasteiger partial charge >= 0.3 is 6.01 Å². The van der Waals surface area contributed by atoms with Crippen LogP contribution in [0.3, 0.4) is 0 Å². The zero-order valence-electron chi connectivity index (χ0n) is 9.50. The summed E-state index contributed by atoms with van der Waals surface area (Å²) in [5.74, 6) is 0.411. The first-order chi connectivity index (χ1) is 8.84. The van der Waals surface area contributed by atoms with Gasteiger partial charge < -0.3 is 4.42 Å². The van der Waals surface area contributed by atoms with E-state index in [1.807, 2.05) is 48.6 Å². The number of rotatable bonds is 0. The molecule has 1 aliphatic heterocycles. The van der Waals surface area contributed by atoms with E-state index in [2.05, 4.69) is 4.99 Å². The van der Waals surface area contributed by atoms with Gasteiger partial charge in [0, 0.05) is 0 Å². The van der Waals surface area contributed by atoms with Gasteiger partial charge in [-0.2, -0.15) is 9.98 Å². The van der Waals surface area contributed by atoms with Gasteiger partial charge in [0.25, 0.3) is 5.84 Å². The minimum atomic E-state index is -0.0755. The van der Waals surface area contributed by atoms with E-state index in [4.69, 9.17) is 9.83 Å². The smallest absolute Gasteiger partial charge is 0.397 e. The van der Waals surface area contributed by atoms with Gasteiger partial charge in [-0.25, -0.2) is 0 Å². The maximum atomic E-state index is 8.33. The Morgan fingerprint density at radius 2 is 2.11 bits per heavy atom. The molecule has 4 heteroatoms. The predicted molar refractivity (Wildman–Crippen MR) is 68.4 cm³/mol. The van der Waals surface area contributed by atoms with Crippen LogP contribution >= 0.6 is 0 Å². The summed E-state index contributed by atoms with van der Waals surface area (Å²) in [7, 11) is 0. The lowest BCUT2D eigenvalue weighted by atomic mass is 9.96. The minimum absolute atomic E-state index is 0.0755. The summed E-state index contributed by atoms with van der Waals surface area (Å²) < 4.78 is 7.46. The second-order valence-corrected chi connectivity index (χ2v) is 4.33. The summed E-state index contributed by atoms with van der Waals surface area (Å²) in [4.78, 5) is 4.49. The van der Waals surface area contributed by atoms with Crippen molar-refractivity contribution in [3.05, 3.63) is 48.6 Å². The molecular weight excluding hydrogens is 226 g/mol. The van der Waals surface area contributed by atoms with Crippen LogP contribution in [0.4, 0.5) is 6.01 Å². The van der Waals surface area contributed by atoms with Crippen molar-refractivity contribution in [2.24, 2.45) is 10.9 Å². The molecule has 2 heterocycles. The van der Waals surface area contributed by atoms with E-state index in [0.717, 1.165) is 16.8 Å². The van der Waals surface area contributed by atoms with Gasteiger partial charge in [0.05, 0.1) is 0 Å². The number of benzene rings is 1. The fourth-order valence-corrected chi connectivity index (χ4v) is 2.40. The molecule has 2 aromatic rings. The molecule has 4 nitrogen and oxygen atoms in total. The average molecular weight is 236 g/mol. The molecule has 1 aliphatic carbocycles. The number of oxazole rings is 1. The summed E-state index contributed by atoms with van der Waals surface area (Å²) >= 11 is 0. The largest absolute Gasteiger partial charge is 0.445 e. The third-order valence-corrected chi connectivity index (χ3v) is 3.26. The van der Waals surface area contributed by atoms with Crippen molar-refractivity contribution in [3.63, 3.8) is 0 Å². The Morgan fingerprint density at radius 1 is 1.22 bits per heavy atom. The molecule has 0 spiro atoms. The lowest BCUT2D eigenvalue weighted by Crippen LogP contribution is -2.50. The maximum Gasteiger partial charge on any atom is 0.445 e. The van der Waals surface area contributed by atoms with Crippen LogP contribution in [0.1, 0.15) is 0 Å². The molecule has 0 amide bonds. The van der Waals surface area contributed by atoms with Crippen LogP contribution in [0, 0.1) is 11.3 Å². The molecule has 0 saturated carbocycles. The van der Waals surface area contributed by atoms with Crippen molar-refractivity contribution in [2.45, 2.75) is 0 Å². The Morgan fingerprint density at radius 3 is 3.06 bits per heavy atom. The van der Waals surface area contributed by atoms with Gasteiger partial charge in [0.1, 0.15) is 11.6 Å². The Kier molecular flexibility index (Phi) is 1.73. The Hall–Kier alpha value is -2.49. The molecule has 0 saturated heterocycles. The topological polar surface area (TPSA) is 53.2 Å². The van der Waals surface area contributed by atoms with Crippen LogP contribution < -0.4 is 4.57 Å². The fraction of sp³-hybridized carbons (Fsp3) is 0.0714. The van der Waals surface area contributed by atoms with Crippen LogP contribution in [0.2, 0.25) is 0 Å². The molecule has 0 fully saturated rings. The first kappa shape index (κ1) is 9.53. The number of hydrogen-bond donors (Lipinski definition) is 1. The van der Waals surface area contributed by atoms with Crippen LogP contribution in [-0.2, 0) is 0 Å². The highest BCUT2D eigenvalue weighted by Crippen LogP contribution is 2.25. The summed E-state index contributed by atoms with van der Waals surface area (Å²) in [6.07, 6.45) is 7.79. The van der Waals surface area contributed by atoms with Gasteiger partial charge in [0.2, 0.25) is 0 Å². The lowest BCUT2D eigenvalue weighted by Gasteiger charge is -2.14. The van der Waals surface area contributed by atoms with Crippen molar-refractivity contribution < 1.29 is 8.98 Å². The predicted octanol–water partition coefficient (Wildman–Crippen LogP) is 2.37. The van der Waals surface area contributed by atoms with E-state index in [-0.39, 0.29) is 5.92 Å². The standard InChI is InChI=1S/C14H10N3O/c15-13-9-5-1-2-6-10(9)16-14-17(13)11-7-3-4-8-12(11)18-14/h1-9,15H/q+1. The van der Waals surface area contributed by atoms with Gasteiger partial charge in [0.15, 0.2) is 11.1 Å². The normalized spacial score (nSPS) is 20.8. The number of hydrogen-bond acceptors (Lipinski definition) is 3. The molecule has 1 N–H and O–H groups in total. The highest BCUT2D eigenvalue weighted by molar-refractivity contribution is 6.13. The van der Waals surface area contributed by atoms with Crippen LogP contribution in [0.5, 0.6) is 0 Å². The van der Waals surface area contributed by atoms with Crippen LogP contribution in [-0.4, -0.2) is 11.5 Å². The lowest BCUT2D eigenvalue weighted by molar-refractivity contribution is -0.522. The zero-order chi connectivity index (χ0) is 12.1. The van der Waals surface area contributed by atoms with Crippen molar-refractivity contribution in [1.29, 1.82) is 5.41 Å². The van der Waals surface area contributed by atoms with Crippen molar-refractivity contribution in [2.75, 3.05) is 0 Å². The molecule has 1 atom stereocenters. The zero-order valence-corrected chi connectivity index (χ0v) is 9.50. The molecule has 1 aromatic heterocycles. The summed E-state index contributed by atoms with van der Waals surface area (Å²) in [6.45, 7) is 0. The average Bonchev–Trinajstić information content (AvgIpc) is 2.77. The van der Waals surface area contributed by atoms with E-state index in [1.165, 1.54) is 0 Å². The molecule has 0 radical (unpaired) electrons. The highest BCUT2D eigenvalue weighted by atomic mass is 16.4. The number of fused-ring (bicyclic) bond motifs is 4. The summed E-state index contributed by atoms with van der Waals surface area (Å²) in [5.41, 5.74) is 2.51. The molecule has 0 bridgehead atoms. The Bertz CT molecular complexity index is 764. The van der Waals surface area contributed by atoms with E-state index in [0.29, 0.717) is 11.9 Å². The number of nitrogens with zero attached hydrogens (tertiary/aromatic N) is 2. The third-order valence-electron chi connectivity index (χ3n) is 3.26. The van der Waals surface area contributed by atoms with Gasteiger partial charge in [-0.1, -0.05) is 35.4 Å². The molecule has 1 unspecified atom stereocenters. The first-order valence-electron chi connectivity index (χ1n) is 5.80. The fourth-order valence-electron chi connectivity index (χ4n) is 2.40. The Labute approximate surface area is 103 Å². The van der Waals surface area contributed by atoms with E-state index in [9.17, 15) is 0 Å². The molecule has 18 heavy (non-hydrogen) atoms. The number of allylic oxidation sites excluding steroid dienone is 4. The molecule has 1 aromatic carbocycles. The van der Waals surface area contributed by atoms with E-state index >= 15 is 0 Å².